The number of nitrogens with one attached hydrogen (secondary N) is 1. The molecule has 1 heterocycles. The van der Waals surface area contributed by atoms with Gasteiger partial charge in [-0.05, 0) is 54.1 Å². The Morgan fingerprint density at radius 1 is 0.742 bits per heavy atom. The highest BCUT2D eigenvalue weighted by molar-refractivity contribution is 7.99. The molecule has 1 aliphatic heterocycles. The average molecular weight is 441 g/mol. The normalized spacial score (nSPS) is 12.1. The van der Waals surface area contributed by atoms with E-state index in [1.165, 1.54) is 10.5 Å². The summed E-state index contributed by atoms with van der Waals surface area (Å²) in [4.78, 5) is 18.5. The number of anilines is 3. The van der Waals surface area contributed by atoms with E-state index in [1.54, 1.807) is 28.4 Å². The Bertz CT molecular complexity index is 1160. The van der Waals surface area contributed by atoms with Crippen molar-refractivity contribution in [1.29, 1.82) is 0 Å². The van der Waals surface area contributed by atoms with Crippen LogP contribution in [0.2, 0.25) is 0 Å². The van der Waals surface area contributed by atoms with Gasteiger partial charge < -0.3 is 5.32 Å². The molecule has 0 saturated heterocycles. The van der Waals surface area contributed by atoms with Crippen molar-refractivity contribution >= 4 is 46.6 Å². The fraction of sp³-hybridized carbons (Fsp3) is 0.0385. The van der Waals surface area contributed by atoms with Gasteiger partial charge in [-0.15, -0.1) is 11.8 Å². The number of urea groups is 1. The Balaban J connectivity index is 1.32. The number of amides is 2. The number of nitrogens with zero attached hydrogens (tertiary/aromatic N) is 1. The molecule has 152 valence electrons. The largest absolute Gasteiger partial charge is 0.331 e. The van der Waals surface area contributed by atoms with E-state index in [2.05, 4.69) is 53.8 Å². The smallest absolute Gasteiger partial charge is 0.307 e. The Hall–Kier alpha value is -3.15. The number of benzene rings is 4. The lowest BCUT2D eigenvalue weighted by Crippen LogP contribution is -2.32. The second-order valence-electron chi connectivity index (χ2n) is 7.10. The topological polar surface area (TPSA) is 32.3 Å². The summed E-state index contributed by atoms with van der Waals surface area (Å²) in [5, 5.41) is 3.07. The maximum atomic E-state index is 13.3. The van der Waals surface area contributed by atoms with Crippen molar-refractivity contribution in [2.45, 2.75) is 20.4 Å². The Kier molecular flexibility index (Phi) is 5.69. The summed E-state index contributed by atoms with van der Waals surface area (Å²) in [7, 11) is 0. The third-order valence-electron chi connectivity index (χ3n) is 4.99. The summed E-state index contributed by atoms with van der Waals surface area (Å²) in [6, 6.07) is 34.3. The molecule has 1 N–H and O–H groups in total. The van der Waals surface area contributed by atoms with Crippen LogP contribution in [0, 0.1) is 0 Å². The first-order chi connectivity index (χ1) is 15.3. The summed E-state index contributed by atoms with van der Waals surface area (Å²) in [5.41, 5.74) is 3.81. The summed E-state index contributed by atoms with van der Waals surface area (Å²) in [6.45, 7) is 0. The molecule has 0 radical (unpaired) electrons. The highest BCUT2D eigenvalue weighted by Crippen LogP contribution is 2.48. The van der Waals surface area contributed by atoms with Crippen molar-refractivity contribution in [2.75, 3.05) is 10.2 Å². The molecule has 0 saturated carbocycles. The van der Waals surface area contributed by atoms with Gasteiger partial charge >= 0.3 is 6.03 Å². The predicted molar refractivity (Wildman–Crippen MR) is 131 cm³/mol. The van der Waals surface area contributed by atoms with Gasteiger partial charge in [0.2, 0.25) is 0 Å². The lowest BCUT2D eigenvalue weighted by molar-refractivity contribution is 0.259. The third-order valence-corrected chi connectivity index (χ3v) is 7.20. The molecule has 0 atom stereocenters. The molecule has 2 amide bonds. The van der Waals surface area contributed by atoms with Crippen molar-refractivity contribution < 1.29 is 4.79 Å². The lowest BCUT2D eigenvalue weighted by atomic mass is 10.2. The zero-order chi connectivity index (χ0) is 21.0. The van der Waals surface area contributed by atoms with Gasteiger partial charge in [0, 0.05) is 26.1 Å². The van der Waals surface area contributed by atoms with Crippen molar-refractivity contribution in [3.05, 3.63) is 109 Å². The van der Waals surface area contributed by atoms with E-state index in [-0.39, 0.29) is 6.03 Å². The van der Waals surface area contributed by atoms with Crippen LogP contribution in [0.3, 0.4) is 0 Å². The van der Waals surface area contributed by atoms with Gasteiger partial charge in [-0.1, -0.05) is 66.4 Å². The first kappa shape index (κ1) is 19.8. The van der Waals surface area contributed by atoms with Crippen LogP contribution in [0.5, 0.6) is 0 Å². The molecular formula is C26H20N2OS2. The van der Waals surface area contributed by atoms with Crippen molar-refractivity contribution in [1.82, 2.24) is 0 Å². The molecule has 0 bridgehead atoms. The maximum absolute atomic E-state index is 13.3. The predicted octanol–water partition coefficient (Wildman–Crippen LogP) is 7.81. The molecule has 0 unspecified atom stereocenters. The third kappa shape index (κ3) is 4.33. The van der Waals surface area contributed by atoms with Crippen LogP contribution in [-0.2, 0) is 5.75 Å². The number of thioether (sulfide) groups is 1. The number of carbonyl (C=O) groups excluding carboxylic acids is 1. The molecule has 0 fully saturated rings. The van der Waals surface area contributed by atoms with Gasteiger partial charge in [0.15, 0.2) is 0 Å². The standard InChI is InChI=1S/C26H20N2OS2/c29-26(27-20-16-14-19(15-17-20)18-30-21-8-2-1-3-9-21)28-22-10-4-6-12-24(22)31-25-13-7-5-11-23(25)28/h1-17H,18H2,(H,27,29). The van der Waals surface area contributed by atoms with E-state index in [4.69, 9.17) is 0 Å². The zero-order valence-corrected chi connectivity index (χ0v) is 18.3. The molecule has 0 spiro atoms. The van der Waals surface area contributed by atoms with Gasteiger partial charge in [-0.3, -0.25) is 4.90 Å². The Morgan fingerprint density at radius 2 is 1.32 bits per heavy atom. The van der Waals surface area contributed by atoms with Gasteiger partial charge in [0.25, 0.3) is 0 Å². The van der Waals surface area contributed by atoms with E-state index in [0.29, 0.717) is 0 Å². The fourth-order valence-corrected chi connectivity index (χ4v) is 5.40. The molecular weight excluding hydrogens is 420 g/mol. The van der Waals surface area contributed by atoms with Crippen LogP contribution in [0.15, 0.2) is 118 Å². The number of hydrogen-bond acceptors (Lipinski definition) is 3. The highest BCUT2D eigenvalue weighted by Gasteiger charge is 2.27. The van der Waals surface area contributed by atoms with Crippen molar-refractivity contribution in [3.8, 4) is 0 Å². The molecule has 0 aromatic heterocycles. The van der Waals surface area contributed by atoms with E-state index in [1.807, 2.05) is 54.6 Å². The van der Waals surface area contributed by atoms with Crippen LogP contribution >= 0.6 is 23.5 Å². The minimum absolute atomic E-state index is 0.161. The fourth-order valence-electron chi connectivity index (χ4n) is 3.47. The van der Waals surface area contributed by atoms with Crippen molar-refractivity contribution in [3.63, 3.8) is 0 Å². The second kappa shape index (κ2) is 8.92. The number of hydrogen-bond donors (Lipinski definition) is 1. The molecule has 31 heavy (non-hydrogen) atoms. The Morgan fingerprint density at radius 3 is 1.97 bits per heavy atom. The molecule has 3 nitrogen and oxygen atoms in total. The maximum Gasteiger partial charge on any atom is 0.331 e. The van der Waals surface area contributed by atoms with Gasteiger partial charge in [0.05, 0.1) is 11.4 Å². The zero-order valence-electron chi connectivity index (χ0n) is 16.7. The molecule has 4 aromatic rings. The van der Waals surface area contributed by atoms with E-state index < -0.39 is 0 Å². The number of carbonyl (C=O) groups is 1. The van der Waals surface area contributed by atoms with Gasteiger partial charge in [-0.25, -0.2) is 4.79 Å². The molecule has 5 rings (SSSR count). The average Bonchev–Trinajstić information content (AvgIpc) is 2.82. The monoisotopic (exact) mass is 440 g/mol. The first-order valence-electron chi connectivity index (χ1n) is 10.0. The van der Waals surface area contributed by atoms with Gasteiger partial charge in [0.1, 0.15) is 0 Å². The quantitative estimate of drug-likeness (QED) is 0.328. The van der Waals surface area contributed by atoms with Crippen LogP contribution in [0.4, 0.5) is 21.9 Å². The molecule has 1 aliphatic rings. The summed E-state index contributed by atoms with van der Waals surface area (Å²) in [6.07, 6.45) is 0. The van der Waals surface area contributed by atoms with Crippen LogP contribution < -0.4 is 10.2 Å². The highest BCUT2D eigenvalue weighted by atomic mass is 32.2. The van der Waals surface area contributed by atoms with Gasteiger partial charge in [-0.2, -0.15) is 0 Å². The number of fused-ring (bicyclic) bond motifs is 2. The SMILES string of the molecule is O=C(Nc1ccc(CSc2ccccc2)cc1)N1c2ccccc2Sc2ccccc21. The van der Waals surface area contributed by atoms with E-state index in [0.717, 1.165) is 32.6 Å². The van der Waals surface area contributed by atoms with E-state index >= 15 is 0 Å². The molecule has 0 aliphatic carbocycles. The summed E-state index contributed by atoms with van der Waals surface area (Å²) < 4.78 is 0. The Labute approximate surface area is 190 Å². The molecule has 4 aromatic carbocycles. The van der Waals surface area contributed by atoms with E-state index in [9.17, 15) is 4.79 Å². The number of rotatable bonds is 4. The minimum Gasteiger partial charge on any atom is -0.307 e. The van der Waals surface area contributed by atoms with Crippen LogP contribution in [0.1, 0.15) is 5.56 Å². The van der Waals surface area contributed by atoms with Crippen LogP contribution in [-0.4, -0.2) is 6.03 Å². The number of para-hydroxylation sites is 2. The first-order valence-corrected chi connectivity index (χ1v) is 11.8. The van der Waals surface area contributed by atoms with Crippen LogP contribution in [0.25, 0.3) is 0 Å². The second-order valence-corrected chi connectivity index (χ2v) is 9.23. The van der Waals surface area contributed by atoms with Crippen molar-refractivity contribution in [2.24, 2.45) is 0 Å². The lowest BCUT2D eigenvalue weighted by Gasteiger charge is -2.31. The molecule has 5 heteroatoms. The summed E-state index contributed by atoms with van der Waals surface area (Å²) >= 11 is 3.49. The summed E-state index contributed by atoms with van der Waals surface area (Å²) in [5.74, 6) is 0.891. The minimum atomic E-state index is -0.161.